The summed E-state index contributed by atoms with van der Waals surface area (Å²) >= 11 is 0. The zero-order valence-electron chi connectivity index (χ0n) is 20.3. The Morgan fingerprint density at radius 3 is 2.03 bits per heavy atom. The van der Waals surface area contributed by atoms with Gasteiger partial charge in [0.15, 0.2) is 0 Å². The molecule has 7 heteroatoms. The highest BCUT2D eigenvalue weighted by molar-refractivity contribution is 6.04. The number of hydrogen-bond donors (Lipinski definition) is 3. The van der Waals surface area contributed by atoms with Gasteiger partial charge in [-0.15, -0.1) is 0 Å². The van der Waals surface area contributed by atoms with Gasteiger partial charge in [-0.2, -0.15) is 0 Å². The molecule has 1 aliphatic rings. The largest absolute Gasteiger partial charge is 0.508 e. The Morgan fingerprint density at radius 2 is 1.32 bits per heavy atom. The van der Waals surface area contributed by atoms with Crippen molar-refractivity contribution in [1.82, 2.24) is 4.90 Å². The van der Waals surface area contributed by atoms with E-state index in [4.69, 9.17) is 0 Å². The maximum absolute atomic E-state index is 13.0. The van der Waals surface area contributed by atoms with E-state index in [-0.39, 0.29) is 17.7 Å². The Labute approximate surface area is 216 Å². The van der Waals surface area contributed by atoms with Crippen molar-refractivity contribution in [2.24, 2.45) is 0 Å². The summed E-state index contributed by atoms with van der Waals surface area (Å²) in [5.74, 6) is -0.0635. The van der Waals surface area contributed by atoms with Gasteiger partial charge in [0.2, 0.25) is 0 Å². The Hall–Kier alpha value is -4.78. The first-order valence-electron chi connectivity index (χ1n) is 12.2. The van der Waals surface area contributed by atoms with E-state index in [0.717, 1.165) is 22.5 Å². The normalized spacial score (nSPS) is 13.2. The molecule has 0 saturated carbocycles. The number of phenolic OH excluding ortho intramolecular Hbond substituents is 1. The second-order valence-corrected chi connectivity index (χ2v) is 8.86. The van der Waals surface area contributed by atoms with Crippen LogP contribution in [0, 0.1) is 0 Å². The minimum Gasteiger partial charge on any atom is -0.508 e. The molecule has 0 aliphatic carbocycles. The van der Waals surface area contributed by atoms with Gasteiger partial charge in [-0.05, 0) is 60.2 Å². The van der Waals surface area contributed by atoms with E-state index in [9.17, 15) is 14.7 Å². The first-order chi connectivity index (χ1) is 18.1. The third-order valence-electron chi connectivity index (χ3n) is 6.44. The molecule has 1 fully saturated rings. The molecule has 1 aliphatic heterocycles. The van der Waals surface area contributed by atoms with Gasteiger partial charge in [0.05, 0.1) is 5.69 Å². The lowest BCUT2D eigenvalue weighted by Crippen LogP contribution is -2.50. The molecule has 0 aromatic heterocycles. The third kappa shape index (κ3) is 5.73. The number of aromatic hydroxyl groups is 1. The van der Waals surface area contributed by atoms with Crippen molar-refractivity contribution in [1.29, 1.82) is 0 Å². The molecule has 0 spiro atoms. The Kier molecular flexibility index (Phi) is 7.03. The third-order valence-corrected chi connectivity index (χ3v) is 6.44. The van der Waals surface area contributed by atoms with Crippen LogP contribution < -0.4 is 15.5 Å². The van der Waals surface area contributed by atoms with Gasteiger partial charge in [0.1, 0.15) is 5.75 Å². The Bertz CT molecular complexity index is 1360. The fourth-order valence-corrected chi connectivity index (χ4v) is 4.40. The second-order valence-electron chi connectivity index (χ2n) is 8.86. The molecule has 3 N–H and O–H groups in total. The van der Waals surface area contributed by atoms with Crippen molar-refractivity contribution < 1.29 is 14.7 Å². The molecule has 4 aromatic carbocycles. The van der Waals surface area contributed by atoms with Crippen LogP contribution in [0.5, 0.6) is 5.75 Å². The van der Waals surface area contributed by atoms with E-state index in [0.29, 0.717) is 37.4 Å². The second kappa shape index (κ2) is 10.9. The lowest BCUT2D eigenvalue weighted by molar-refractivity contribution is 0.102. The van der Waals surface area contributed by atoms with Crippen LogP contribution in [0.25, 0.3) is 11.1 Å². The zero-order chi connectivity index (χ0) is 25.6. The average Bonchev–Trinajstić information content (AvgIpc) is 2.95. The van der Waals surface area contributed by atoms with Gasteiger partial charge in [0.25, 0.3) is 5.91 Å². The van der Waals surface area contributed by atoms with E-state index < -0.39 is 0 Å². The summed E-state index contributed by atoms with van der Waals surface area (Å²) in [6.07, 6.45) is 0. The molecule has 0 bridgehead atoms. The van der Waals surface area contributed by atoms with Gasteiger partial charge in [0, 0.05) is 48.7 Å². The molecule has 1 heterocycles. The van der Waals surface area contributed by atoms with Gasteiger partial charge in [-0.1, -0.05) is 48.5 Å². The molecule has 0 unspecified atom stereocenters. The molecule has 0 radical (unpaired) electrons. The monoisotopic (exact) mass is 492 g/mol. The predicted octanol–water partition coefficient (Wildman–Crippen LogP) is 5.67. The van der Waals surface area contributed by atoms with E-state index in [1.54, 1.807) is 24.3 Å². The standard InChI is InChI=1S/C30H28N4O3/c35-26-16-12-24(13-17-26)31-29(36)23-10-14-25(15-11-23)33-18-20-34(21-19-33)30(37)32-28-9-5-4-8-27(28)22-6-2-1-3-7-22/h1-17,35H,18-21H2,(H,31,36)(H,32,37). The van der Waals surface area contributed by atoms with Crippen molar-refractivity contribution >= 4 is 29.0 Å². The lowest BCUT2D eigenvalue weighted by atomic mass is 10.0. The minimum absolute atomic E-state index is 0.107. The lowest BCUT2D eigenvalue weighted by Gasteiger charge is -2.36. The topological polar surface area (TPSA) is 84.9 Å². The number of anilines is 3. The van der Waals surface area contributed by atoms with Crippen molar-refractivity contribution in [3.05, 3.63) is 109 Å². The fourth-order valence-electron chi connectivity index (χ4n) is 4.40. The Morgan fingerprint density at radius 1 is 0.676 bits per heavy atom. The van der Waals surface area contributed by atoms with Gasteiger partial charge in [-0.3, -0.25) is 4.79 Å². The number of benzene rings is 4. The van der Waals surface area contributed by atoms with E-state index in [2.05, 4.69) is 15.5 Å². The quantitative estimate of drug-likeness (QED) is 0.314. The number of carbonyl (C=O) groups excluding carboxylic acids is 2. The highest BCUT2D eigenvalue weighted by atomic mass is 16.3. The molecule has 3 amide bonds. The number of carbonyl (C=O) groups is 2. The molecule has 7 nitrogen and oxygen atoms in total. The van der Waals surface area contributed by atoms with Crippen LogP contribution in [0.2, 0.25) is 0 Å². The zero-order valence-corrected chi connectivity index (χ0v) is 20.3. The summed E-state index contributed by atoms with van der Waals surface area (Å²) in [7, 11) is 0. The Balaban J connectivity index is 1.16. The molecule has 4 aromatic rings. The van der Waals surface area contributed by atoms with Gasteiger partial charge < -0.3 is 25.5 Å². The molecule has 1 saturated heterocycles. The first kappa shape index (κ1) is 23.9. The van der Waals surface area contributed by atoms with Gasteiger partial charge in [-0.25, -0.2) is 4.79 Å². The summed E-state index contributed by atoms with van der Waals surface area (Å²) < 4.78 is 0. The summed E-state index contributed by atoms with van der Waals surface area (Å²) in [6.45, 7) is 2.60. The smallest absolute Gasteiger partial charge is 0.321 e. The average molecular weight is 493 g/mol. The number of amides is 3. The maximum atomic E-state index is 13.0. The highest BCUT2D eigenvalue weighted by Crippen LogP contribution is 2.28. The van der Waals surface area contributed by atoms with Crippen LogP contribution in [0.15, 0.2) is 103 Å². The number of para-hydroxylation sites is 1. The minimum atomic E-state index is -0.213. The first-order valence-corrected chi connectivity index (χ1v) is 12.2. The number of urea groups is 1. The summed E-state index contributed by atoms with van der Waals surface area (Å²) in [6, 6.07) is 31.6. The SMILES string of the molecule is O=C(Nc1ccc(O)cc1)c1ccc(N2CCN(C(=O)Nc3ccccc3-c3ccccc3)CC2)cc1. The molecular formula is C30H28N4O3. The van der Waals surface area contributed by atoms with Crippen molar-refractivity contribution in [2.75, 3.05) is 41.7 Å². The molecule has 37 heavy (non-hydrogen) atoms. The van der Waals surface area contributed by atoms with E-state index in [1.807, 2.05) is 71.6 Å². The maximum Gasteiger partial charge on any atom is 0.321 e. The summed E-state index contributed by atoms with van der Waals surface area (Å²) in [5.41, 5.74) is 5.02. The number of phenols is 1. The predicted molar refractivity (Wildman–Crippen MR) is 147 cm³/mol. The highest BCUT2D eigenvalue weighted by Gasteiger charge is 2.22. The van der Waals surface area contributed by atoms with Gasteiger partial charge >= 0.3 is 6.03 Å². The van der Waals surface area contributed by atoms with Crippen LogP contribution in [-0.2, 0) is 0 Å². The molecular weight excluding hydrogens is 464 g/mol. The summed E-state index contributed by atoms with van der Waals surface area (Å²) in [5, 5.41) is 15.3. The number of hydrogen-bond acceptors (Lipinski definition) is 4. The van der Waals surface area contributed by atoms with E-state index >= 15 is 0 Å². The van der Waals surface area contributed by atoms with Crippen LogP contribution in [0.1, 0.15) is 10.4 Å². The van der Waals surface area contributed by atoms with E-state index in [1.165, 1.54) is 12.1 Å². The molecule has 5 rings (SSSR count). The number of nitrogens with zero attached hydrogens (tertiary/aromatic N) is 2. The van der Waals surface area contributed by atoms with Crippen molar-refractivity contribution in [3.63, 3.8) is 0 Å². The number of nitrogens with one attached hydrogen (secondary N) is 2. The van der Waals surface area contributed by atoms with Crippen LogP contribution >= 0.6 is 0 Å². The summed E-state index contributed by atoms with van der Waals surface area (Å²) in [4.78, 5) is 29.6. The van der Waals surface area contributed by atoms with Crippen LogP contribution in [0.4, 0.5) is 21.9 Å². The van der Waals surface area contributed by atoms with Crippen molar-refractivity contribution in [2.45, 2.75) is 0 Å². The molecule has 0 atom stereocenters. The van der Waals surface area contributed by atoms with Crippen LogP contribution in [-0.4, -0.2) is 48.1 Å². The van der Waals surface area contributed by atoms with Crippen molar-refractivity contribution in [3.8, 4) is 16.9 Å². The fraction of sp³-hybridized carbons (Fsp3) is 0.133. The van der Waals surface area contributed by atoms with Crippen LogP contribution in [0.3, 0.4) is 0 Å². The number of rotatable bonds is 5. The number of piperazine rings is 1. The molecule has 186 valence electrons.